The highest BCUT2D eigenvalue weighted by Crippen LogP contribution is 2.21. The summed E-state index contributed by atoms with van der Waals surface area (Å²) in [6, 6.07) is 11.2. The molecule has 1 atom stereocenters. The molecule has 7 heteroatoms. The van der Waals surface area contributed by atoms with Crippen LogP contribution >= 0.6 is 0 Å². The van der Waals surface area contributed by atoms with Crippen molar-refractivity contribution in [1.29, 1.82) is 0 Å². The molecule has 1 unspecified atom stereocenters. The van der Waals surface area contributed by atoms with Gasteiger partial charge in [-0.2, -0.15) is 0 Å². The molecule has 0 saturated carbocycles. The minimum absolute atomic E-state index is 0.0442. The maximum Gasteiger partial charge on any atom is 0.272 e. The zero-order valence-electron chi connectivity index (χ0n) is 13.2. The minimum Gasteiger partial charge on any atom is -0.334 e. The maximum atomic E-state index is 12.5. The fraction of sp³-hybridized carbons (Fsp3) is 0.250. The Hall–Kier alpha value is -2.25. The molecule has 23 heavy (non-hydrogen) atoms. The molecule has 6 nitrogen and oxygen atoms in total. The monoisotopic (exact) mass is 333 g/mol. The number of primary sulfonamides is 1. The van der Waals surface area contributed by atoms with Crippen LogP contribution in [0.25, 0.3) is 0 Å². The molecule has 1 aromatic heterocycles. The number of carbonyl (C=O) groups is 1. The van der Waals surface area contributed by atoms with Crippen LogP contribution in [0, 0.1) is 6.92 Å². The minimum atomic E-state index is -3.72. The molecule has 0 aliphatic carbocycles. The number of pyridine rings is 1. The maximum absolute atomic E-state index is 12.5. The number of nitrogens with zero attached hydrogens (tertiary/aromatic N) is 2. The zero-order valence-corrected chi connectivity index (χ0v) is 14.0. The summed E-state index contributed by atoms with van der Waals surface area (Å²) in [7, 11) is -2.04. The molecule has 2 aromatic rings. The van der Waals surface area contributed by atoms with E-state index >= 15 is 0 Å². The molecule has 0 spiro atoms. The third-order valence-corrected chi connectivity index (χ3v) is 4.63. The summed E-state index contributed by atoms with van der Waals surface area (Å²) in [6.07, 6.45) is 0. The first-order chi connectivity index (χ1) is 10.7. The fourth-order valence-corrected chi connectivity index (χ4v) is 2.69. The number of amides is 1. The molecule has 1 heterocycles. The molecular formula is C16H19N3O3S. The number of nitrogens with two attached hydrogens (primary N) is 1. The summed E-state index contributed by atoms with van der Waals surface area (Å²) < 4.78 is 22.6. The van der Waals surface area contributed by atoms with Crippen LogP contribution in [0.15, 0.2) is 47.4 Å². The number of aromatic nitrogens is 1. The molecular weight excluding hydrogens is 314 g/mol. The highest BCUT2D eigenvalue weighted by Gasteiger charge is 2.20. The molecule has 2 rings (SSSR count). The second kappa shape index (κ2) is 6.47. The van der Waals surface area contributed by atoms with Crippen LogP contribution in [0.3, 0.4) is 0 Å². The number of carbonyl (C=O) groups excluding carboxylic acids is 1. The third kappa shape index (κ3) is 3.94. The van der Waals surface area contributed by atoms with Gasteiger partial charge in [0.2, 0.25) is 10.0 Å². The Kier molecular flexibility index (Phi) is 4.82. The fourth-order valence-electron chi connectivity index (χ4n) is 2.18. The van der Waals surface area contributed by atoms with Crippen LogP contribution in [-0.4, -0.2) is 31.3 Å². The van der Waals surface area contributed by atoms with Gasteiger partial charge in [0.1, 0.15) is 5.69 Å². The van der Waals surface area contributed by atoms with E-state index < -0.39 is 10.0 Å². The van der Waals surface area contributed by atoms with Crippen molar-refractivity contribution in [2.75, 3.05) is 7.05 Å². The molecule has 0 saturated heterocycles. The van der Waals surface area contributed by atoms with Crippen molar-refractivity contribution in [3.8, 4) is 0 Å². The molecule has 0 fully saturated rings. The summed E-state index contributed by atoms with van der Waals surface area (Å²) in [4.78, 5) is 18.3. The van der Waals surface area contributed by atoms with Gasteiger partial charge >= 0.3 is 0 Å². The first kappa shape index (κ1) is 17.1. The SMILES string of the molecule is Cc1cccc(C(=O)N(C)C(C)c2ccc(S(N)(=O)=O)cc2)n1. The molecule has 122 valence electrons. The van der Waals surface area contributed by atoms with Gasteiger partial charge in [0.05, 0.1) is 10.9 Å². The van der Waals surface area contributed by atoms with Crippen LogP contribution in [0.5, 0.6) is 0 Å². The predicted molar refractivity (Wildman–Crippen MR) is 87.3 cm³/mol. The highest BCUT2D eigenvalue weighted by atomic mass is 32.2. The Labute approximate surface area is 136 Å². The summed E-state index contributed by atoms with van der Waals surface area (Å²) in [5, 5.41) is 5.08. The number of aryl methyl sites for hydroxylation is 1. The predicted octanol–water partition coefficient (Wildman–Crippen LogP) is 1.87. The molecule has 1 aromatic carbocycles. The van der Waals surface area contributed by atoms with Crippen molar-refractivity contribution in [3.05, 3.63) is 59.4 Å². The van der Waals surface area contributed by atoms with E-state index in [1.807, 2.05) is 19.9 Å². The first-order valence-corrected chi connectivity index (χ1v) is 8.58. The van der Waals surface area contributed by atoms with Gasteiger partial charge in [-0.1, -0.05) is 18.2 Å². The van der Waals surface area contributed by atoms with Crippen molar-refractivity contribution in [2.45, 2.75) is 24.8 Å². The van der Waals surface area contributed by atoms with Gasteiger partial charge < -0.3 is 4.90 Å². The van der Waals surface area contributed by atoms with Crippen molar-refractivity contribution in [1.82, 2.24) is 9.88 Å². The van der Waals surface area contributed by atoms with E-state index in [0.29, 0.717) is 5.69 Å². The van der Waals surface area contributed by atoms with Gasteiger partial charge in [0.25, 0.3) is 5.91 Å². The summed E-state index contributed by atoms with van der Waals surface area (Å²) in [6.45, 7) is 3.69. The standard InChI is InChI=1S/C16H19N3O3S/c1-11-5-4-6-15(18-11)16(20)19(3)12(2)13-7-9-14(10-8-13)23(17,21)22/h4-10,12H,1-3H3,(H2,17,21,22). The normalized spacial score (nSPS) is 12.7. The lowest BCUT2D eigenvalue weighted by Crippen LogP contribution is -2.30. The smallest absolute Gasteiger partial charge is 0.272 e. The molecule has 2 N–H and O–H groups in total. The number of rotatable bonds is 4. The van der Waals surface area contributed by atoms with Crippen LogP contribution in [0.1, 0.15) is 34.7 Å². The summed E-state index contributed by atoms with van der Waals surface area (Å²) in [5.74, 6) is -0.197. The Morgan fingerprint density at radius 1 is 1.17 bits per heavy atom. The van der Waals surface area contributed by atoms with Gasteiger partial charge in [0, 0.05) is 12.7 Å². The number of hydrogen-bond donors (Lipinski definition) is 1. The van der Waals surface area contributed by atoms with E-state index in [-0.39, 0.29) is 16.8 Å². The van der Waals surface area contributed by atoms with E-state index in [2.05, 4.69) is 4.98 Å². The van der Waals surface area contributed by atoms with Crippen molar-refractivity contribution >= 4 is 15.9 Å². The van der Waals surface area contributed by atoms with Crippen molar-refractivity contribution < 1.29 is 13.2 Å². The van der Waals surface area contributed by atoms with Crippen LogP contribution in [0.4, 0.5) is 0 Å². The van der Waals surface area contributed by atoms with Gasteiger partial charge in [-0.3, -0.25) is 4.79 Å². The Morgan fingerprint density at radius 3 is 2.30 bits per heavy atom. The largest absolute Gasteiger partial charge is 0.334 e. The van der Waals surface area contributed by atoms with E-state index in [1.54, 1.807) is 36.2 Å². The number of sulfonamides is 1. The average Bonchev–Trinajstić information content (AvgIpc) is 2.52. The Morgan fingerprint density at radius 2 is 1.78 bits per heavy atom. The van der Waals surface area contributed by atoms with Gasteiger partial charge in [-0.15, -0.1) is 0 Å². The van der Waals surface area contributed by atoms with E-state index in [1.165, 1.54) is 12.1 Å². The van der Waals surface area contributed by atoms with E-state index in [4.69, 9.17) is 5.14 Å². The van der Waals surface area contributed by atoms with Crippen LogP contribution in [0.2, 0.25) is 0 Å². The van der Waals surface area contributed by atoms with Crippen molar-refractivity contribution in [2.24, 2.45) is 5.14 Å². The molecule has 0 aliphatic rings. The number of hydrogen-bond acceptors (Lipinski definition) is 4. The van der Waals surface area contributed by atoms with E-state index in [0.717, 1.165) is 11.3 Å². The molecule has 0 radical (unpaired) electrons. The summed E-state index contributed by atoms with van der Waals surface area (Å²) in [5.41, 5.74) is 1.95. The van der Waals surface area contributed by atoms with Crippen molar-refractivity contribution in [3.63, 3.8) is 0 Å². The first-order valence-electron chi connectivity index (χ1n) is 7.03. The molecule has 1 amide bonds. The Bertz CT molecular complexity index is 817. The van der Waals surface area contributed by atoms with Gasteiger partial charge in [0.15, 0.2) is 0 Å². The average molecular weight is 333 g/mol. The highest BCUT2D eigenvalue weighted by molar-refractivity contribution is 7.89. The second-order valence-electron chi connectivity index (χ2n) is 5.37. The summed E-state index contributed by atoms with van der Waals surface area (Å²) >= 11 is 0. The zero-order chi connectivity index (χ0) is 17.2. The lowest BCUT2D eigenvalue weighted by molar-refractivity contribution is 0.0736. The van der Waals surface area contributed by atoms with Crippen LogP contribution in [-0.2, 0) is 10.0 Å². The third-order valence-electron chi connectivity index (χ3n) is 3.70. The van der Waals surface area contributed by atoms with Crippen LogP contribution < -0.4 is 5.14 Å². The van der Waals surface area contributed by atoms with Gasteiger partial charge in [-0.05, 0) is 43.7 Å². The second-order valence-corrected chi connectivity index (χ2v) is 6.93. The quantitative estimate of drug-likeness (QED) is 0.924. The Balaban J connectivity index is 2.22. The van der Waals surface area contributed by atoms with Gasteiger partial charge in [-0.25, -0.2) is 18.5 Å². The molecule has 0 bridgehead atoms. The lowest BCUT2D eigenvalue weighted by Gasteiger charge is -2.25. The lowest BCUT2D eigenvalue weighted by atomic mass is 10.1. The number of benzene rings is 1. The topological polar surface area (TPSA) is 93.4 Å². The van der Waals surface area contributed by atoms with E-state index in [9.17, 15) is 13.2 Å². The molecule has 0 aliphatic heterocycles.